The SMILES string of the molecule is CCCCCCOC(=O)[C@H]1CCC[C@H]1NS(=O)(=O)c1ccccc1. The Morgan fingerprint density at radius 1 is 1.17 bits per heavy atom. The molecule has 0 saturated heterocycles. The maximum Gasteiger partial charge on any atom is 0.310 e. The van der Waals surface area contributed by atoms with Crippen molar-refractivity contribution in [3.8, 4) is 0 Å². The number of sulfonamides is 1. The Labute approximate surface area is 144 Å². The van der Waals surface area contributed by atoms with Gasteiger partial charge in [-0.05, 0) is 31.4 Å². The largest absolute Gasteiger partial charge is 0.465 e. The molecule has 0 unspecified atom stereocenters. The van der Waals surface area contributed by atoms with E-state index in [1.165, 1.54) is 0 Å². The maximum absolute atomic E-state index is 12.4. The molecule has 6 heteroatoms. The second kappa shape index (κ2) is 9.18. The van der Waals surface area contributed by atoms with Crippen LogP contribution in [0, 0.1) is 5.92 Å². The van der Waals surface area contributed by atoms with Gasteiger partial charge in [0.15, 0.2) is 0 Å². The second-order valence-electron chi connectivity index (χ2n) is 6.31. The molecule has 2 rings (SSSR count). The molecule has 134 valence electrons. The van der Waals surface area contributed by atoms with Crippen LogP contribution in [-0.2, 0) is 19.6 Å². The van der Waals surface area contributed by atoms with Gasteiger partial charge < -0.3 is 4.74 Å². The molecule has 0 aliphatic heterocycles. The molecule has 1 aliphatic rings. The molecule has 1 saturated carbocycles. The van der Waals surface area contributed by atoms with Crippen LogP contribution in [-0.4, -0.2) is 27.0 Å². The van der Waals surface area contributed by atoms with Gasteiger partial charge in [-0.25, -0.2) is 13.1 Å². The smallest absolute Gasteiger partial charge is 0.310 e. The van der Waals surface area contributed by atoms with Gasteiger partial charge in [0.05, 0.1) is 17.4 Å². The lowest BCUT2D eigenvalue weighted by Crippen LogP contribution is -2.40. The number of hydrogen-bond donors (Lipinski definition) is 1. The first-order valence-corrected chi connectivity index (χ1v) is 10.3. The third-order valence-electron chi connectivity index (χ3n) is 4.42. The molecule has 24 heavy (non-hydrogen) atoms. The van der Waals surface area contributed by atoms with Gasteiger partial charge in [0, 0.05) is 6.04 Å². The summed E-state index contributed by atoms with van der Waals surface area (Å²) in [4.78, 5) is 12.5. The van der Waals surface area contributed by atoms with Gasteiger partial charge >= 0.3 is 5.97 Å². The summed E-state index contributed by atoms with van der Waals surface area (Å²) in [6.07, 6.45) is 6.38. The number of nitrogens with one attached hydrogen (secondary N) is 1. The number of carbonyl (C=O) groups is 1. The second-order valence-corrected chi connectivity index (χ2v) is 8.02. The quantitative estimate of drug-likeness (QED) is 0.546. The van der Waals surface area contributed by atoms with E-state index in [1.807, 2.05) is 0 Å². The van der Waals surface area contributed by atoms with Crippen LogP contribution in [0.3, 0.4) is 0 Å². The first kappa shape index (κ1) is 18.9. The van der Waals surface area contributed by atoms with Crippen LogP contribution in [0.2, 0.25) is 0 Å². The predicted molar refractivity (Wildman–Crippen MR) is 93.0 cm³/mol. The molecule has 2 atom stereocenters. The zero-order chi connectivity index (χ0) is 17.4. The normalized spacial score (nSPS) is 20.9. The Kier molecular flexibility index (Phi) is 7.24. The highest BCUT2D eigenvalue weighted by molar-refractivity contribution is 7.89. The van der Waals surface area contributed by atoms with E-state index < -0.39 is 10.0 Å². The minimum absolute atomic E-state index is 0.226. The third-order valence-corrected chi connectivity index (χ3v) is 5.93. The predicted octanol–water partition coefficient (Wildman–Crippen LogP) is 3.26. The van der Waals surface area contributed by atoms with E-state index in [0.29, 0.717) is 19.4 Å². The fourth-order valence-electron chi connectivity index (χ4n) is 3.06. The molecule has 1 aromatic carbocycles. The number of unbranched alkanes of at least 4 members (excludes halogenated alkanes) is 3. The van der Waals surface area contributed by atoms with Crippen LogP contribution in [0.1, 0.15) is 51.9 Å². The lowest BCUT2D eigenvalue weighted by atomic mass is 10.1. The van der Waals surface area contributed by atoms with Gasteiger partial charge in [-0.1, -0.05) is 50.8 Å². The molecule has 0 radical (unpaired) electrons. The van der Waals surface area contributed by atoms with E-state index in [-0.39, 0.29) is 22.8 Å². The average Bonchev–Trinajstić information content (AvgIpc) is 3.03. The van der Waals surface area contributed by atoms with Gasteiger partial charge in [0.25, 0.3) is 0 Å². The van der Waals surface area contributed by atoms with Crippen molar-refractivity contribution >= 4 is 16.0 Å². The standard InChI is InChI=1S/C18H27NO4S/c1-2-3-4-8-14-23-18(20)16-12-9-13-17(16)19-24(21,22)15-10-6-5-7-11-15/h5-7,10-11,16-17,19H,2-4,8-9,12-14H2,1H3/t16-,17+/m0/s1. The molecule has 1 fully saturated rings. The summed E-state index contributed by atoms with van der Waals surface area (Å²) in [5, 5.41) is 0. The van der Waals surface area contributed by atoms with E-state index in [0.717, 1.165) is 32.1 Å². The van der Waals surface area contributed by atoms with Crippen LogP contribution < -0.4 is 4.72 Å². The highest BCUT2D eigenvalue weighted by atomic mass is 32.2. The van der Waals surface area contributed by atoms with Crippen LogP contribution in [0.25, 0.3) is 0 Å². The number of benzene rings is 1. The average molecular weight is 353 g/mol. The molecule has 0 spiro atoms. The highest BCUT2D eigenvalue weighted by Gasteiger charge is 2.36. The summed E-state index contributed by atoms with van der Waals surface area (Å²) in [6, 6.07) is 7.87. The van der Waals surface area contributed by atoms with Crippen molar-refractivity contribution < 1.29 is 17.9 Å². The molecule has 1 aliphatic carbocycles. The number of hydrogen-bond acceptors (Lipinski definition) is 4. The van der Waals surface area contributed by atoms with E-state index in [1.54, 1.807) is 30.3 Å². The van der Waals surface area contributed by atoms with E-state index in [4.69, 9.17) is 4.74 Å². The zero-order valence-corrected chi connectivity index (χ0v) is 15.1. The first-order chi connectivity index (χ1) is 11.5. The van der Waals surface area contributed by atoms with E-state index >= 15 is 0 Å². The van der Waals surface area contributed by atoms with Crippen molar-refractivity contribution in [2.45, 2.75) is 62.8 Å². The molecule has 0 amide bonds. The molecular weight excluding hydrogens is 326 g/mol. The van der Waals surface area contributed by atoms with Crippen molar-refractivity contribution in [3.63, 3.8) is 0 Å². The minimum Gasteiger partial charge on any atom is -0.465 e. The first-order valence-electron chi connectivity index (χ1n) is 8.78. The minimum atomic E-state index is -3.60. The van der Waals surface area contributed by atoms with Crippen LogP contribution in [0.4, 0.5) is 0 Å². The van der Waals surface area contributed by atoms with Crippen LogP contribution in [0.15, 0.2) is 35.2 Å². The zero-order valence-electron chi connectivity index (χ0n) is 14.2. The highest BCUT2D eigenvalue weighted by Crippen LogP contribution is 2.28. The summed E-state index contributed by atoms with van der Waals surface area (Å²) < 4.78 is 32.9. The number of carbonyl (C=O) groups excluding carboxylic acids is 1. The summed E-state index contributed by atoms with van der Waals surface area (Å²) in [6.45, 7) is 2.56. The van der Waals surface area contributed by atoms with Crippen molar-refractivity contribution in [1.29, 1.82) is 0 Å². The van der Waals surface area contributed by atoms with Crippen molar-refractivity contribution in [1.82, 2.24) is 4.72 Å². The monoisotopic (exact) mass is 353 g/mol. The molecule has 0 heterocycles. The van der Waals surface area contributed by atoms with Gasteiger partial charge in [-0.2, -0.15) is 0 Å². The van der Waals surface area contributed by atoms with E-state index in [9.17, 15) is 13.2 Å². The summed E-state index contributed by atoms with van der Waals surface area (Å²) in [7, 11) is -3.60. The topological polar surface area (TPSA) is 72.5 Å². The molecule has 0 bridgehead atoms. The summed E-state index contributed by atoms with van der Waals surface area (Å²) in [5.74, 6) is -0.653. The Morgan fingerprint density at radius 2 is 1.92 bits per heavy atom. The summed E-state index contributed by atoms with van der Waals surface area (Å²) >= 11 is 0. The number of ether oxygens (including phenoxy) is 1. The van der Waals surface area contributed by atoms with Crippen molar-refractivity contribution in [3.05, 3.63) is 30.3 Å². The Bertz CT molecular complexity index is 615. The fraction of sp³-hybridized carbons (Fsp3) is 0.611. The van der Waals surface area contributed by atoms with Gasteiger partial charge in [0.2, 0.25) is 10.0 Å². The third kappa shape index (κ3) is 5.31. The van der Waals surface area contributed by atoms with Crippen LogP contribution >= 0.6 is 0 Å². The van der Waals surface area contributed by atoms with Gasteiger partial charge in [-0.3, -0.25) is 4.79 Å². The van der Waals surface area contributed by atoms with Gasteiger partial charge in [-0.15, -0.1) is 0 Å². The Morgan fingerprint density at radius 3 is 2.62 bits per heavy atom. The van der Waals surface area contributed by atoms with Crippen molar-refractivity contribution in [2.75, 3.05) is 6.61 Å². The van der Waals surface area contributed by atoms with Gasteiger partial charge in [0.1, 0.15) is 0 Å². The Balaban J connectivity index is 1.89. The fourth-order valence-corrected chi connectivity index (χ4v) is 4.39. The van der Waals surface area contributed by atoms with E-state index in [2.05, 4.69) is 11.6 Å². The molecule has 0 aromatic heterocycles. The molecule has 5 nitrogen and oxygen atoms in total. The van der Waals surface area contributed by atoms with Crippen LogP contribution in [0.5, 0.6) is 0 Å². The number of rotatable bonds is 9. The molecule has 1 aromatic rings. The maximum atomic E-state index is 12.4. The summed E-state index contributed by atoms with van der Waals surface area (Å²) in [5.41, 5.74) is 0. The Hall–Kier alpha value is -1.40. The lowest BCUT2D eigenvalue weighted by Gasteiger charge is -2.20. The van der Waals surface area contributed by atoms with Crippen molar-refractivity contribution in [2.24, 2.45) is 5.92 Å². The number of esters is 1. The molecule has 1 N–H and O–H groups in total. The lowest BCUT2D eigenvalue weighted by molar-refractivity contribution is -0.149. The molecular formula is C18H27NO4S.